The Morgan fingerprint density at radius 3 is 2.43 bits per heavy atom. The van der Waals surface area contributed by atoms with Crippen LogP contribution in [-0.4, -0.2) is 36.3 Å². The molecule has 0 spiro atoms. The Morgan fingerprint density at radius 1 is 1.10 bits per heavy atom. The van der Waals surface area contributed by atoms with Gasteiger partial charge in [-0.1, -0.05) is 68.0 Å². The highest BCUT2D eigenvalue weighted by Crippen LogP contribution is 2.37. The van der Waals surface area contributed by atoms with Gasteiger partial charge in [0.1, 0.15) is 6.61 Å². The van der Waals surface area contributed by atoms with Gasteiger partial charge in [0.05, 0.1) is 25.3 Å². The van der Waals surface area contributed by atoms with Gasteiger partial charge in [0.25, 0.3) is 0 Å². The van der Waals surface area contributed by atoms with E-state index in [9.17, 15) is 4.79 Å². The van der Waals surface area contributed by atoms with Crippen molar-refractivity contribution in [1.82, 2.24) is 4.90 Å². The van der Waals surface area contributed by atoms with Crippen LogP contribution in [0.25, 0.3) is 5.57 Å². The molecule has 2 unspecified atom stereocenters. The van der Waals surface area contributed by atoms with E-state index in [4.69, 9.17) is 9.47 Å². The van der Waals surface area contributed by atoms with Crippen LogP contribution in [0.15, 0.2) is 48.5 Å². The van der Waals surface area contributed by atoms with Crippen molar-refractivity contribution in [3.05, 3.63) is 76.4 Å². The largest absolute Gasteiger partial charge is 0.445 e. The fraction of sp³-hybridized carbons (Fsp3) is 0.423. The van der Waals surface area contributed by atoms with Gasteiger partial charge in [-0.2, -0.15) is 0 Å². The van der Waals surface area contributed by atoms with Crippen LogP contribution >= 0.6 is 0 Å². The Labute approximate surface area is 179 Å². The smallest absolute Gasteiger partial charge is 0.411 e. The van der Waals surface area contributed by atoms with Crippen LogP contribution in [0, 0.1) is 6.92 Å². The Kier molecular flexibility index (Phi) is 6.24. The second kappa shape index (κ2) is 9.05. The van der Waals surface area contributed by atoms with Crippen molar-refractivity contribution in [3.8, 4) is 0 Å². The Balaban J connectivity index is 1.59. The van der Waals surface area contributed by atoms with Crippen molar-refractivity contribution in [2.24, 2.45) is 0 Å². The predicted octanol–water partition coefficient (Wildman–Crippen LogP) is 5.31. The average Bonchev–Trinajstić information content (AvgIpc) is 2.76. The molecule has 1 fully saturated rings. The number of amides is 1. The lowest BCUT2D eigenvalue weighted by Crippen LogP contribution is -2.56. The fourth-order valence-corrected chi connectivity index (χ4v) is 4.77. The van der Waals surface area contributed by atoms with Crippen molar-refractivity contribution in [2.45, 2.75) is 58.7 Å². The Hall–Kier alpha value is -2.59. The van der Waals surface area contributed by atoms with Gasteiger partial charge in [0.2, 0.25) is 0 Å². The molecule has 2 aliphatic heterocycles. The monoisotopic (exact) mass is 405 g/mol. The first kappa shape index (κ1) is 20.7. The van der Waals surface area contributed by atoms with E-state index in [-0.39, 0.29) is 18.2 Å². The van der Waals surface area contributed by atoms with E-state index in [1.54, 1.807) is 0 Å². The molecule has 0 radical (unpaired) electrons. The molecule has 0 aliphatic carbocycles. The van der Waals surface area contributed by atoms with Crippen molar-refractivity contribution in [3.63, 3.8) is 0 Å². The second-order valence-electron chi connectivity index (χ2n) is 8.27. The molecule has 2 bridgehead atoms. The normalized spacial score (nSPS) is 20.6. The summed E-state index contributed by atoms with van der Waals surface area (Å²) in [6, 6.07) is 14.4. The second-order valence-corrected chi connectivity index (χ2v) is 8.27. The number of fused-ring (bicyclic) bond motifs is 2. The number of morpholine rings is 1. The lowest BCUT2D eigenvalue weighted by atomic mass is 9.83. The summed E-state index contributed by atoms with van der Waals surface area (Å²) in [6.07, 6.45) is 4.82. The van der Waals surface area contributed by atoms with Gasteiger partial charge in [-0.25, -0.2) is 4.79 Å². The summed E-state index contributed by atoms with van der Waals surface area (Å²) in [5.41, 5.74) is 7.86. The van der Waals surface area contributed by atoms with Crippen molar-refractivity contribution in [1.29, 1.82) is 0 Å². The van der Waals surface area contributed by atoms with Crippen molar-refractivity contribution in [2.75, 3.05) is 13.2 Å². The van der Waals surface area contributed by atoms with Crippen LogP contribution in [-0.2, 0) is 28.9 Å². The number of carbonyl (C=O) groups excluding carboxylic acids is 1. The number of benzene rings is 2. The summed E-state index contributed by atoms with van der Waals surface area (Å²) in [4.78, 5) is 14.8. The molecule has 0 N–H and O–H groups in total. The van der Waals surface area contributed by atoms with Crippen molar-refractivity contribution < 1.29 is 14.3 Å². The van der Waals surface area contributed by atoms with Crippen LogP contribution in [0.5, 0.6) is 0 Å². The van der Waals surface area contributed by atoms with E-state index in [0.717, 1.165) is 24.8 Å². The number of carbonyl (C=O) groups is 1. The van der Waals surface area contributed by atoms with Crippen molar-refractivity contribution >= 4 is 11.7 Å². The minimum atomic E-state index is -0.247. The molecule has 4 heteroatoms. The van der Waals surface area contributed by atoms with E-state index in [0.29, 0.717) is 19.8 Å². The summed E-state index contributed by atoms with van der Waals surface area (Å²) in [5.74, 6) is 0. The number of rotatable bonds is 5. The van der Waals surface area contributed by atoms with Gasteiger partial charge >= 0.3 is 6.09 Å². The molecule has 1 saturated heterocycles. The number of nitrogens with zero attached hydrogens (tertiary/aromatic N) is 1. The standard InChI is InChI=1S/C26H31NO3/c1-4-20-11-18(3)12-21(5-2)25(20)22-13-23-16-29-17-24(14-22)27(23)26(28)30-15-19-9-7-6-8-10-19/h6-13,23-24H,4-5,14-17H2,1-3H3. The maximum atomic E-state index is 12.9. The summed E-state index contributed by atoms with van der Waals surface area (Å²) >= 11 is 0. The van der Waals surface area contributed by atoms with Gasteiger partial charge in [0, 0.05) is 0 Å². The molecule has 0 saturated carbocycles. The fourth-order valence-electron chi connectivity index (χ4n) is 4.77. The molecular weight excluding hydrogens is 374 g/mol. The summed E-state index contributed by atoms with van der Waals surface area (Å²) in [7, 11) is 0. The molecule has 1 amide bonds. The predicted molar refractivity (Wildman–Crippen MR) is 119 cm³/mol. The average molecular weight is 406 g/mol. The van der Waals surface area contributed by atoms with Crippen LogP contribution < -0.4 is 0 Å². The topological polar surface area (TPSA) is 38.8 Å². The molecule has 0 aromatic heterocycles. The van der Waals surface area contributed by atoms with Gasteiger partial charge in [-0.05, 0) is 54.0 Å². The third-order valence-corrected chi connectivity index (χ3v) is 6.14. The number of hydrogen-bond donors (Lipinski definition) is 0. The van der Waals surface area contributed by atoms with E-state index in [1.165, 1.54) is 27.8 Å². The van der Waals surface area contributed by atoms with E-state index >= 15 is 0 Å². The molecule has 2 atom stereocenters. The van der Waals surface area contributed by atoms with Gasteiger partial charge < -0.3 is 9.47 Å². The van der Waals surface area contributed by atoms with Gasteiger partial charge in [-0.15, -0.1) is 0 Å². The zero-order chi connectivity index (χ0) is 21.1. The van der Waals surface area contributed by atoms with E-state index in [2.05, 4.69) is 39.0 Å². The van der Waals surface area contributed by atoms with Gasteiger partial charge in [-0.3, -0.25) is 4.90 Å². The number of ether oxygens (including phenoxy) is 2. The molecule has 4 nitrogen and oxygen atoms in total. The summed E-state index contributed by atoms with van der Waals surface area (Å²) in [6.45, 7) is 7.99. The minimum absolute atomic E-state index is 0.0164. The highest BCUT2D eigenvalue weighted by atomic mass is 16.6. The summed E-state index contributed by atoms with van der Waals surface area (Å²) < 4.78 is 11.5. The van der Waals surface area contributed by atoms with Crippen LogP contribution in [0.3, 0.4) is 0 Å². The highest BCUT2D eigenvalue weighted by Gasteiger charge is 2.39. The Morgan fingerprint density at radius 2 is 1.80 bits per heavy atom. The molecule has 4 rings (SSSR count). The summed E-state index contributed by atoms with van der Waals surface area (Å²) in [5, 5.41) is 0. The molecule has 30 heavy (non-hydrogen) atoms. The highest BCUT2D eigenvalue weighted by molar-refractivity contribution is 5.77. The SMILES string of the molecule is CCc1cc(C)cc(CC)c1C1=CC2COCC(C1)N2C(=O)OCc1ccccc1. The molecule has 2 aromatic carbocycles. The maximum absolute atomic E-state index is 12.9. The first-order valence-electron chi connectivity index (χ1n) is 11.0. The zero-order valence-corrected chi connectivity index (χ0v) is 18.2. The van der Waals surface area contributed by atoms with Crippen LogP contribution in [0.2, 0.25) is 0 Å². The molecule has 2 heterocycles. The van der Waals surface area contributed by atoms with Crippen LogP contribution in [0.1, 0.15) is 48.1 Å². The molecule has 158 valence electrons. The van der Waals surface area contributed by atoms with E-state index in [1.807, 2.05) is 35.2 Å². The van der Waals surface area contributed by atoms with Gasteiger partial charge in [0.15, 0.2) is 0 Å². The van der Waals surface area contributed by atoms with Crippen LogP contribution in [0.4, 0.5) is 4.79 Å². The van der Waals surface area contributed by atoms with E-state index < -0.39 is 0 Å². The molecule has 2 aliphatic rings. The zero-order valence-electron chi connectivity index (χ0n) is 18.2. The first-order valence-corrected chi connectivity index (χ1v) is 11.0. The first-order chi connectivity index (χ1) is 14.6. The minimum Gasteiger partial charge on any atom is -0.445 e. The third kappa shape index (κ3) is 4.15. The maximum Gasteiger partial charge on any atom is 0.411 e. The quantitative estimate of drug-likeness (QED) is 0.676. The number of hydrogen-bond acceptors (Lipinski definition) is 3. The number of aryl methyl sites for hydroxylation is 3. The molecular formula is C26H31NO3. The molecule has 2 aromatic rings. The lowest BCUT2D eigenvalue weighted by Gasteiger charge is -2.44. The Bertz CT molecular complexity index is 910. The lowest BCUT2D eigenvalue weighted by molar-refractivity contribution is -0.0342. The third-order valence-electron chi connectivity index (χ3n) is 6.14.